The number of fused-ring (bicyclic) bond motifs is 3. The number of hydrogen-bond donors (Lipinski definition) is 1. The van der Waals surface area contributed by atoms with Gasteiger partial charge in [0, 0.05) is 25.9 Å². The smallest absolute Gasteiger partial charge is 0.0355 e. The van der Waals surface area contributed by atoms with Crippen LogP contribution in [0.2, 0.25) is 0 Å². The average molecular weight is 353 g/mol. The fourth-order valence-corrected chi connectivity index (χ4v) is 4.75. The third kappa shape index (κ3) is 2.63. The van der Waals surface area contributed by atoms with Crippen molar-refractivity contribution in [2.75, 3.05) is 0 Å². The van der Waals surface area contributed by atoms with Crippen molar-refractivity contribution in [2.45, 2.75) is 12.8 Å². The van der Waals surface area contributed by atoms with Crippen LogP contribution in [0.5, 0.6) is 0 Å². The molecular weight excluding hydrogens is 334 g/mol. The Morgan fingerprint density at radius 2 is 1.35 bits per heavy atom. The Kier molecular flexibility index (Phi) is 3.65. The molecule has 0 fully saturated rings. The van der Waals surface area contributed by atoms with Crippen molar-refractivity contribution in [3.8, 4) is 11.1 Å². The second-order valence-corrected chi connectivity index (χ2v) is 7.91. The van der Waals surface area contributed by atoms with Crippen LogP contribution in [0, 0.1) is 0 Å². The lowest BCUT2D eigenvalue weighted by Crippen LogP contribution is -2.01. The second kappa shape index (κ2) is 6.15. The highest BCUT2D eigenvalue weighted by Crippen LogP contribution is 2.38. The van der Waals surface area contributed by atoms with Gasteiger partial charge in [0.05, 0.1) is 0 Å². The molecule has 0 atom stereocenters. The molecule has 0 amide bonds. The lowest BCUT2D eigenvalue weighted by atomic mass is 9.94. The predicted molar refractivity (Wildman–Crippen MR) is 114 cm³/mol. The second-order valence-electron chi connectivity index (χ2n) is 6.82. The van der Waals surface area contributed by atoms with Gasteiger partial charge < -0.3 is 5.73 Å². The van der Waals surface area contributed by atoms with Crippen LogP contribution in [0.15, 0.2) is 84.6 Å². The molecule has 3 aromatic carbocycles. The molecule has 1 aromatic heterocycles. The van der Waals surface area contributed by atoms with Gasteiger partial charge in [-0.3, -0.25) is 0 Å². The van der Waals surface area contributed by atoms with Crippen LogP contribution in [-0.2, 0) is 0 Å². The highest BCUT2D eigenvalue weighted by molar-refractivity contribution is 7.25. The van der Waals surface area contributed by atoms with E-state index in [0.29, 0.717) is 0 Å². The molecule has 1 nitrogen and oxygen atoms in total. The Labute approximate surface area is 157 Å². The predicted octanol–water partition coefficient (Wildman–Crippen LogP) is 6.74. The van der Waals surface area contributed by atoms with Gasteiger partial charge in [-0.25, -0.2) is 0 Å². The minimum Gasteiger partial charge on any atom is -0.402 e. The zero-order valence-corrected chi connectivity index (χ0v) is 15.2. The van der Waals surface area contributed by atoms with E-state index < -0.39 is 0 Å². The van der Waals surface area contributed by atoms with Gasteiger partial charge in [-0.15, -0.1) is 11.3 Å². The van der Waals surface area contributed by atoms with Gasteiger partial charge in [0.15, 0.2) is 0 Å². The Morgan fingerprint density at radius 1 is 0.654 bits per heavy atom. The van der Waals surface area contributed by atoms with Gasteiger partial charge in [0.2, 0.25) is 0 Å². The van der Waals surface area contributed by atoms with Gasteiger partial charge in [0.1, 0.15) is 0 Å². The van der Waals surface area contributed by atoms with Gasteiger partial charge in [-0.1, -0.05) is 48.5 Å². The third-order valence-electron chi connectivity index (χ3n) is 5.13. The lowest BCUT2D eigenvalue weighted by Gasteiger charge is -2.12. The van der Waals surface area contributed by atoms with E-state index in [4.69, 9.17) is 5.73 Å². The summed E-state index contributed by atoms with van der Waals surface area (Å²) < 4.78 is 2.69. The highest BCUT2D eigenvalue weighted by Gasteiger charge is 2.11. The first-order valence-electron chi connectivity index (χ1n) is 8.95. The van der Waals surface area contributed by atoms with Crippen molar-refractivity contribution in [3.63, 3.8) is 0 Å². The molecule has 2 N–H and O–H groups in total. The Balaban J connectivity index is 1.68. The minimum absolute atomic E-state index is 0.951. The average Bonchev–Trinajstić information content (AvgIpc) is 3.06. The van der Waals surface area contributed by atoms with Crippen LogP contribution >= 0.6 is 11.3 Å². The maximum Gasteiger partial charge on any atom is 0.0355 e. The SMILES string of the molecule is NC1=CC=C(c2ccc3sc4ccc(-c5ccccc5)cc4c3c2)CC1. The number of thiophene rings is 1. The number of hydrogen-bond acceptors (Lipinski definition) is 2. The molecule has 0 saturated carbocycles. The largest absolute Gasteiger partial charge is 0.402 e. The van der Waals surface area contributed by atoms with Gasteiger partial charge >= 0.3 is 0 Å². The van der Waals surface area contributed by atoms with Crippen molar-refractivity contribution in [2.24, 2.45) is 5.73 Å². The monoisotopic (exact) mass is 353 g/mol. The molecule has 4 aromatic rings. The van der Waals surface area contributed by atoms with Crippen molar-refractivity contribution in [1.82, 2.24) is 0 Å². The summed E-state index contributed by atoms with van der Waals surface area (Å²) in [7, 11) is 0. The summed E-state index contributed by atoms with van der Waals surface area (Å²) in [5, 5.41) is 2.70. The summed E-state index contributed by atoms with van der Waals surface area (Å²) in [6, 6.07) is 24.3. The van der Waals surface area contributed by atoms with Crippen molar-refractivity contribution in [3.05, 3.63) is 90.1 Å². The third-order valence-corrected chi connectivity index (χ3v) is 6.28. The molecule has 1 aliphatic rings. The van der Waals surface area contributed by atoms with Crippen molar-refractivity contribution >= 4 is 37.1 Å². The Morgan fingerprint density at radius 3 is 2.04 bits per heavy atom. The Hall–Kier alpha value is -2.84. The minimum atomic E-state index is 0.951. The van der Waals surface area contributed by atoms with Crippen LogP contribution in [-0.4, -0.2) is 0 Å². The van der Waals surface area contributed by atoms with E-state index in [0.717, 1.165) is 18.5 Å². The number of nitrogens with two attached hydrogens (primary N) is 1. The fraction of sp³-hybridized carbons (Fsp3) is 0.0833. The zero-order chi connectivity index (χ0) is 17.5. The van der Waals surface area contributed by atoms with Gasteiger partial charge in [-0.05, 0) is 65.4 Å². The van der Waals surface area contributed by atoms with E-state index in [9.17, 15) is 0 Å². The first kappa shape index (κ1) is 15.4. The summed E-state index contributed by atoms with van der Waals surface area (Å²) in [6.07, 6.45) is 6.18. The molecule has 0 bridgehead atoms. The molecule has 0 spiro atoms. The molecule has 126 valence electrons. The lowest BCUT2D eigenvalue weighted by molar-refractivity contribution is 0.959. The maximum atomic E-state index is 5.91. The van der Waals surface area contributed by atoms with Crippen LogP contribution in [0.4, 0.5) is 0 Å². The molecule has 0 radical (unpaired) electrons. The van der Waals surface area contributed by atoms with Gasteiger partial charge in [-0.2, -0.15) is 0 Å². The van der Waals surface area contributed by atoms with Crippen LogP contribution < -0.4 is 5.73 Å². The first-order chi connectivity index (χ1) is 12.8. The standard InChI is InChI=1S/C24H19NS/c25-20-10-6-17(7-11-20)19-9-13-24-22(15-19)21-14-18(8-12-23(21)26-24)16-4-2-1-3-5-16/h1-6,8-10,12-15H,7,11,25H2. The van der Waals surface area contributed by atoms with Gasteiger partial charge in [0.25, 0.3) is 0 Å². The number of rotatable bonds is 2. The normalized spacial score (nSPS) is 14.5. The fourth-order valence-electron chi connectivity index (χ4n) is 3.68. The number of allylic oxidation sites excluding steroid dienone is 4. The van der Waals surface area contributed by atoms with Crippen LogP contribution in [0.25, 0.3) is 36.9 Å². The van der Waals surface area contributed by atoms with Crippen molar-refractivity contribution < 1.29 is 0 Å². The molecule has 1 aliphatic carbocycles. The van der Waals surface area contributed by atoms with E-state index >= 15 is 0 Å². The van der Waals surface area contributed by atoms with E-state index in [1.807, 2.05) is 17.4 Å². The van der Waals surface area contributed by atoms with E-state index in [1.165, 1.54) is 42.4 Å². The van der Waals surface area contributed by atoms with Crippen LogP contribution in [0.3, 0.4) is 0 Å². The zero-order valence-electron chi connectivity index (χ0n) is 14.4. The quantitative estimate of drug-likeness (QED) is 0.424. The maximum absolute atomic E-state index is 5.91. The van der Waals surface area contributed by atoms with Crippen LogP contribution in [0.1, 0.15) is 18.4 Å². The Bertz CT molecular complexity index is 1180. The number of benzene rings is 3. The molecule has 0 saturated heterocycles. The topological polar surface area (TPSA) is 26.0 Å². The summed E-state index contributed by atoms with van der Waals surface area (Å²) in [6.45, 7) is 0. The van der Waals surface area contributed by atoms with E-state index in [-0.39, 0.29) is 0 Å². The molecule has 0 aliphatic heterocycles. The summed E-state index contributed by atoms with van der Waals surface area (Å²) in [4.78, 5) is 0. The van der Waals surface area contributed by atoms with E-state index in [1.54, 1.807) is 0 Å². The van der Waals surface area contributed by atoms with Crippen molar-refractivity contribution in [1.29, 1.82) is 0 Å². The summed E-state index contributed by atoms with van der Waals surface area (Å²) >= 11 is 1.87. The van der Waals surface area contributed by atoms with E-state index in [2.05, 4.69) is 72.8 Å². The molecular formula is C24H19NS. The molecule has 0 unspecified atom stereocenters. The molecule has 26 heavy (non-hydrogen) atoms. The summed E-state index contributed by atoms with van der Waals surface area (Å²) in [5.74, 6) is 0. The molecule has 5 rings (SSSR count). The first-order valence-corrected chi connectivity index (χ1v) is 9.77. The molecule has 1 heterocycles. The highest BCUT2D eigenvalue weighted by atomic mass is 32.1. The summed E-state index contributed by atoms with van der Waals surface area (Å²) in [5.41, 5.74) is 12.1. The molecule has 2 heteroatoms.